The fourth-order valence-corrected chi connectivity index (χ4v) is 2.26. The van der Waals surface area contributed by atoms with Crippen molar-refractivity contribution in [2.24, 2.45) is 5.73 Å². The molecule has 0 saturated carbocycles. The third kappa shape index (κ3) is 2.96. The standard InChI is InChI=1S/C15H22N2O2/c1-11-4-6-12(7-5-11)14(18)17-9-13(8-16)19-10-15(17,2)3/h4-7,13H,8-10,16H2,1-3H3. The lowest BCUT2D eigenvalue weighted by Crippen LogP contribution is -2.59. The Morgan fingerprint density at radius 3 is 2.63 bits per heavy atom. The zero-order valence-electron chi connectivity index (χ0n) is 11.8. The molecule has 1 aliphatic rings. The Kier molecular flexibility index (Phi) is 3.92. The summed E-state index contributed by atoms with van der Waals surface area (Å²) in [5.74, 6) is 0.0479. The van der Waals surface area contributed by atoms with Crippen molar-refractivity contribution in [1.82, 2.24) is 4.90 Å². The first-order chi connectivity index (χ1) is 8.94. The summed E-state index contributed by atoms with van der Waals surface area (Å²) in [6, 6.07) is 7.67. The molecule has 2 N–H and O–H groups in total. The van der Waals surface area contributed by atoms with E-state index in [2.05, 4.69) is 0 Å². The number of hydrogen-bond donors (Lipinski definition) is 1. The maximum Gasteiger partial charge on any atom is 0.254 e. The van der Waals surface area contributed by atoms with Gasteiger partial charge in [0.15, 0.2) is 0 Å². The van der Waals surface area contributed by atoms with E-state index < -0.39 is 0 Å². The van der Waals surface area contributed by atoms with Crippen molar-refractivity contribution < 1.29 is 9.53 Å². The highest BCUT2D eigenvalue weighted by Gasteiger charge is 2.37. The van der Waals surface area contributed by atoms with Crippen molar-refractivity contribution in [3.05, 3.63) is 35.4 Å². The van der Waals surface area contributed by atoms with Crippen LogP contribution in [0.4, 0.5) is 0 Å². The molecule has 1 amide bonds. The van der Waals surface area contributed by atoms with Crippen LogP contribution in [0.25, 0.3) is 0 Å². The minimum absolute atomic E-state index is 0.0479. The van der Waals surface area contributed by atoms with Crippen LogP contribution in [0.2, 0.25) is 0 Å². The van der Waals surface area contributed by atoms with E-state index in [4.69, 9.17) is 10.5 Å². The van der Waals surface area contributed by atoms with E-state index in [0.717, 1.165) is 11.1 Å². The SMILES string of the molecule is Cc1ccc(C(=O)N2CC(CN)OCC2(C)C)cc1. The molecule has 1 atom stereocenters. The average Bonchev–Trinajstić information content (AvgIpc) is 2.39. The van der Waals surface area contributed by atoms with E-state index >= 15 is 0 Å². The molecule has 0 aromatic heterocycles. The van der Waals surface area contributed by atoms with Gasteiger partial charge in [-0.3, -0.25) is 4.79 Å². The average molecular weight is 262 g/mol. The third-order valence-electron chi connectivity index (χ3n) is 3.60. The van der Waals surface area contributed by atoms with Gasteiger partial charge in [-0.1, -0.05) is 17.7 Å². The molecule has 4 nitrogen and oxygen atoms in total. The molecule has 0 radical (unpaired) electrons. The van der Waals surface area contributed by atoms with Gasteiger partial charge in [-0.2, -0.15) is 0 Å². The van der Waals surface area contributed by atoms with Gasteiger partial charge in [0.2, 0.25) is 0 Å². The molecule has 1 aliphatic heterocycles. The van der Waals surface area contributed by atoms with Gasteiger partial charge in [-0.25, -0.2) is 0 Å². The minimum atomic E-state index is -0.298. The van der Waals surface area contributed by atoms with Gasteiger partial charge in [0.1, 0.15) is 0 Å². The van der Waals surface area contributed by atoms with Crippen LogP contribution in [0.5, 0.6) is 0 Å². The molecule has 1 unspecified atom stereocenters. The molecule has 1 fully saturated rings. The van der Waals surface area contributed by atoms with Gasteiger partial charge >= 0.3 is 0 Å². The number of carbonyl (C=O) groups is 1. The molecule has 104 valence electrons. The fourth-order valence-electron chi connectivity index (χ4n) is 2.26. The lowest BCUT2D eigenvalue weighted by Gasteiger charge is -2.45. The van der Waals surface area contributed by atoms with E-state index in [0.29, 0.717) is 19.7 Å². The van der Waals surface area contributed by atoms with Crippen LogP contribution >= 0.6 is 0 Å². The van der Waals surface area contributed by atoms with Gasteiger partial charge in [-0.15, -0.1) is 0 Å². The molecular weight excluding hydrogens is 240 g/mol. The van der Waals surface area contributed by atoms with Crippen molar-refractivity contribution in [2.75, 3.05) is 19.7 Å². The lowest BCUT2D eigenvalue weighted by molar-refractivity contribution is -0.0788. The van der Waals surface area contributed by atoms with Crippen molar-refractivity contribution in [2.45, 2.75) is 32.4 Å². The van der Waals surface area contributed by atoms with Gasteiger partial charge in [-0.05, 0) is 32.9 Å². The van der Waals surface area contributed by atoms with E-state index in [1.165, 1.54) is 0 Å². The summed E-state index contributed by atoms with van der Waals surface area (Å²) in [7, 11) is 0. The number of nitrogens with zero attached hydrogens (tertiary/aromatic N) is 1. The first-order valence-corrected chi connectivity index (χ1v) is 6.64. The fraction of sp³-hybridized carbons (Fsp3) is 0.533. The molecular formula is C15H22N2O2. The Morgan fingerprint density at radius 1 is 1.42 bits per heavy atom. The second-order valence-corrected chi connectivity index (χ2v) is 5.76. The van der Waals surface area contributed by atoms with Crippen LogP contribution in [0.1, 0.15) is 29.8 Å². The highest BCUT2D eigenvalue weighted by molar-refractivity contribution is 5.94. The summed E-state index contributed by atoms with van der Waals surface area (Å²) < 4.78 is 5.66. The Balaban J connectivity index is 2.22. The number of hydrogen-bond acceptors (Lipinski definition) is 3. The second kappa shape index (κ2) is 5.31. The van der Waals surface area contributed by atoms with Crippen LogP contribution in [0.15, 0.2) is 24.3 Å². The van der Waals surface area contributed by atoms with Gasteiger partial charge in [0, 0.05) is 18.7 Å². The maximum atomic E-state index is 12.6. The van der Waals surface area contributed by atoms with E-state index in [9.17, 15) is 4.79 Å². The predicted molar refractivity (Wildman–Crippen MR) is 75.1 cm³/mol. The van der Waals surface area contributed by atoms with Crippen LogP contribution in [-0.2, 0) is 4.74 Å². The molecule has 1 aromatic carbocycles. The summed E-state index contributed by atoms with van der Waals surface area (Å²) in [6.07, 6.45) is -0.0672. The monoisotopic (exact) mass is 262 g/mol. The van der Waals surface area contributed by atoms with E-state index in [1.54, 1.807) is 0 Å². The maximum absolute atomic E-state index is 12.6. The number of nitrogens with two attached hydrogens (primary N) is 1. The normalized spacial score (nSPS) is 22.3. The smallest absolute Gasteiger partial charge is 0.254 e. The van der Waals surface area contributed by atoms with E-state index in [1.807, 2.05) is 49.9 Å². The Labute approximate surface area is 114 Å². The number of rotatable bonds is 2. The lowest BCUT2D eigenvalue weighted by atomic mass is 9.99. The van der Waals surface area contributed by atoms with Crippen molar-refractivity contribution >= 4 is 5.91 Å². The Bertz CT molecular complexity index is 454. The third-order valence-corrected chi connectivity index (χ3v) is 3.60. The van der Waals surface area contributed by atoms with Crippen LogP contribution in [0.3, 0.4) is 0 Å². The topological polar surface area (TPSA) is 55.6 Å². The molecule has 0 aliphatic carbocycles. The number of benzene rings is 1. The zero-order chi connectivity index (χ0) is 14.0. The molecule has 1 saturated heterocycles. The Morgan fingerprint density at radius 2 is 2.05 bits per heavy atom. The Hall–Kier alpha value is -1.39. The summed E-state index contributed by atoms with van der Waals surface area (Å²) in [6.45, 7) is 7.56. The number of amides is 1. The highest BCUT2D eigenvalue weighted by atomic mass is 16.5. The van der Waals surface area contributed by atoms with Gasteiger partial charge < -0.3 is 15.4 Å². The number of aryl methyl sites for hydroxylation is 1. The summed E-state index contributed by atoms with van der Waals surface area (Å²) in [4.78, 5) is 14.5. The van der Waals surface area contributed by atoms with Gasteiger partial charge in [0.25, 0.3) is 5.91 Å². The van der Waals surface area contributed by atoms with E-state index in [-0.39, 0.29) is 17.6 Å². The number of carbonyl (C=O) groups excluding carboxylic acids is 1. The first kappa shape index (κ1) is 14.0. The largest absolute Gasteiger partial charge is 0.373 e. The van der Waals surface area contributed by atoms with Crippen LogP contribution in [0, 0.1) is 6.92 Å². The molecule has 19 heavy (non-hydrogen) atoms. The minimum Gasteiger partial charge on any atom is -0.373 e. The molecule has 4 heteroatoms. The molecule has 2 rings (SSSR count). The molecule has 1 aromatic rings. The predicted octanol–water partition coefficient (Wildman–Crippen LogP) is 1.57. The molecule has 0 bridgehead atoms. The van der Waals surface area contributed by atoms with Crippen LogP contribution in [-0.4, -0.2) is 42.1 Å². The highest BCUT2D eigenvalue weighted by Crippen LogP contribution is 2.24. The van der Waals surface area contributed by atoms with Crippen molar-refractivity contribution in [3.63, 3.8) is 0 Å². The van der Waals surface area contributed by atoms with Crippen molar-refractivity contribution in [3.8, 4) is 0 Å². The second-order valence-electron chi connectivity index (χ2n) is 5.76. The number of ether oxygens (including phenoxy) is 1. The summed E-state index contributed by atoms with van der Waals surface area (Å²) >= 11 is 0. The molecule has 0 spiro atoms. The van der Waals surface area contributed by atoms with Crippen molar-refractivity contribution in [1.29, 1.82) is 0 Å². The van der Waals surface area contributed by atoms with Crippen LogP contribution < -0.4 is 5.73 Å². The summed E-state index contributed by atoms with van der Waals surface area (Å²) in [5, 5.41) is 0. The first-order valence-electron chi connectivity index (χ1n) is 6.64. The zero-order valence-corrected chi connectivity index (χ0v) is 11.8. The summed E-state index contributed by atoms with van der Waals surface area (Å²) in [5.41, 5.74) is 7.22. The van der Waals surface area contributed by atoms with Gasteiger partial charge in [0.05, 0.1) is 18.2 Å². The molecule has 1 heterocycles. The number of morpholine rings is 1. The quantitative estimate of drug-likeness (QED) is 0.880.